The first kappa shape index (κ1) is 15.8. The summed E-state index contributed by atoms with van der Waals surface area (Å²) in [5.41, 5.74) is 1.29. The number of hydrogen-bond acceptors (Lipinski definition) is 4. The number of fused-ring (bicyclic) bond motifs is 2. The number of aromatic amines is 1. The molecule has 0 radical (unpaired) electrons. The van der Waals surface area contributed by atoms with Crippen molar-refractivity contribution in [2.75, 3.05) is 0 Å². The zero-order valence-corrected chi connectivity index (χ0v) is 14.6. The number of carbonyl (C=O) groups excluding carboxylic acids is 1. The van der Waals surface area contributed by atoms with Crippen molar-refractivity contribution < 1.29 is 9.90 Å². The van der Waals surface area contributed by atoms with Gasteiger partial charge in [0.1, 0.15) is 0 Å². The van der Waals surface area contributed by atoms with Crippen LogP contribution in [0.4, 0.5) is 0 Å². The summed E-state index contributed by atoms with van der Waals surface area (Å²) in [5.74, 6) is 0.472. The number of nitrogens with one attached hydrogen (secondary N) is 2. The number of aliphatic hydroxyl groups is 1. The van der Waals surface area contributed by atoms with E-state index in [4.69, 9.17) is 11.6 Å². The number of aromatic nitrogens is 3. The van der Waals surface area contributed by atoms with Gasteiger partial charge in [-0.15, -0.1) is 0 Å². The van der Waals surface area contributed by atoms with Gasteiger partial charge in [-0.3, -0.25) is 14.9 Å². The highest BCUT2D eigenvalue weighted by atomic mass is 35.5. The molecule has 4 atom stereocenters. The lowest BCUT2D eigenvalue weighted by Gasteiger charge is -2.27. The first-order valence-electron chi connectivity index (χ1n) is 8.61. The Balaban J connectivity index is 1.34. The fourth-order valence-electron chi connectivity index (χ4n) is 4.42. The van der Waals surface area contributed by atoms with E-state index >= 15 is 0 Å². The van der Waals surface area contributed by atoms with Crippen LogP contribution >= 0.6 is 11.6 Å². The topological polar surface area (TPSA) is 90.9 Å². The Morgan fingerprint density at radius 3 is 2.73 bits per heavy atom. The van der Waals surface area contributed by atoms with Crippen molar-refractivity contribution in [3.8, 4) is 0 Å². The molecule has 7 heteroatoms. The molecule has 2 aromatic heterocycles. The third kappa shape index (κ3) is 2.40. The van der Waals surface area contributed by atoms with E-state index in [0.29, 0.717) is 23.4 Å². The predicted molar refractivity (Wildman–Crippen MR) is 96.7 cm³/mol. The zero-order chi connectivity index (χ0) is 17.9. The van der Waals surface area contributed by atoms with Crippen molar-refractivity contribution in [1.82, 2.24) is 20.5 Å². The molecule has 1 amide bonds. The summed E-state index contributed by atoms with van der Waals surface area (Å²) in [6.45, 7) is 0. The Labute approximate surface area is 154 Å². The average Bonchev–Trinajstić information content (AvgIpc) is 3.01. The van der Waals surface area contributed by atoms with Gasteiger partial charge < -0.3 is 10.4 Å². The number of amides is 1. The lowest BCUT2D eigenvalue weighted by molar-refractivity contribution is 0.0291. The van der Waals surface area contributed by atoms with Gasteiger partial charge in [-0.05, 0) is 48.9 Å². The monoisotopic (exact) mass is 368 g/mol. The molecular weight excluding hydrogens is 352 g/mol. The van der Waals surface area contributed by atoms with Crippen LogP contribution in [0.5, 0.6) is 0 Å². The normalized spacial score (nSPS) is 29.5. The van der Waals surface area contributed by atoms with E-state index in [0.717, 1.165) is 16.5 Å². The SMILES string of the molecule is O=C(N[C@H]1[C@@H]2C[C@](O)(c3cc(Cl)cc4cn[nH]c34)C[C@@H]21)c1ccncc1. The van der Waals surface area contributed by atoms with Crippen LogP contribution in [0.3, 0.4) is 0 Å². The van der Waals surface area contributed by atoms with Crippen molar-refractivity contribution in [3.63, 3.8) is 0 Å². The number of H-pyrrole nitrogens is 1. The molecule has 1 aromatic carbocycles. The molecule has 5 rings (SSSR count). The van der Waals surface area contributed by atoms with Crippen molar-refractivity contribution in [2.24, 2.45) is 11.8 Å². The minimum absolute atomic E-state index is 0.0888. The van der Waals surface area contributed by atoms with Gasteiger partial charge in [-0.25, -0.2) is 0 Å². The van der Waals surface area contributed by atoms with Crippen LogP contribution in [0.15, 0.2) is 42.9 Å². The molecule has 26 heavy (non-hydrogen) atoms. The van der Waals surface area contributed by atoms with E-state index in [9.17, 15) is 9.90 Å². The highest BCUT2D eigenvalue weighted by Crippen LogP contribution is 2.60. The van der Waals surface area contributed by atoms with Crippen molar-refractivity contribution in [3.05, 3.63) is 59.0 Å². The molecule has 0 unspecified atom stereocenters. The Hall–Kier alpha value is -2.44. The van der Waals surface area contributed by atoms with E-state index in [1.54, 1.807) is 30.7 Å². The molecule has 0 saturated heterocycles. The summed E-state index contributed by atoms with van der Waals surface area (Å²) in [4.78, 5) is 16.2. The summed E-state index contributed by atoms with van der Waals surface area (Å²) in [6, 6.07) is 7.17. The van der Waals surface area contributed by atoms with E-state index < -0.39 is 5.60 Å². The summed E-state index contributed by atoms with van der Waals surface area (Å²) >= 11 is 6.22. The quantitative estimate of drug-likeness (QED) is 0.662. The van der Waals surface area contributed by atoms with E-state index in [1.165, 1.54) is 0 Å². The lowest BCUT2D eigenvalue weighted by atomic mass is 9.87. The summed E-state index contributed by atoms with van der Waals surface area (Å²) in [7, 11) is 0. The maximum atomic E-state index is 12.3. The molecule has 0 aliphatic heterocycles. The second-order valence-corrected chi connectivity index (χ2v) is 7.73. The standard InChI is InChI=1S/C19H17ClN4O2/c20-12-5-11-9-22-24-16(11)15(6-12)19(26)7-13-14(8-19)17(13)23-18(25)10-1-3-21-4-2-10/h1-6,9,13-14,17,26H,7-8H2,(H,22,24)(H,23,25)/t13-,14+,17+,19-. The predicted octanol–water partition coefficient (Wildman–Crippen LogP) is 2.64. The number of halogens is 1. The van der Waals surface area contributed by atoms with Gasteiger partial charge in [-0.2, -0.15) is 5.10 Å². The molecule has 3 N–H and O–H groups in total. The van der Waals surface area contributed by atoms with Gasteiger partial charge in [0.25, 0.3) is 5.91 Å². The van der Waals surface area contributed by atoms with E-state index in [1.807, 2.05) is 12.1 Å². The van der Waals surface area contributed by atoms with Gasteiger partial charge >= 0.3 is 0 Å². The molecular formula is C19H17ClN4O2. The number of benzene rings is 1. The van der Waals surface area contributed by atoms with Gasteiger partial charge in [0.2, 0.25) is 0 Å². The first-order chi connectivity index (χ1) is 12.5. The fraction of sp³-hybridized carbons (Fsp3) is 0.316. The van der Waals surface area contributed by atoms with Crippen LogP contribution < -0.4 is 5.32 Å². The maximum absolute atomic E-state index is 12.3. The van der Waals surface area contributed by atoms with Crippen LogP contribution in [0, 0.1) is 11.8 Å². The van der Waals surface area contributed by atoms with Gasteiger partial charge in [0.05, 0.1) is 17.3 Å². The van der Waals surface area contributed by atoms with E-state index in [-0.39, 0.29) is 23.8 Å². The summed E-state index contributed by atoms with van der Waals surface area (Å²) in [5, 5.41) is 22.8. The van der Waals surface area contributed by atoms with Crippen LogP contribution in [0.25, 0.3) is 10.9 Å². The maximum Gasteiger partial charge on any atom is 0.251 e. The number of rotatable bonds is 3. The third-order valence-electron chi connectivity index (χ3n) is 5.73. The van der Waals surface area contributed by atoms with Crippen LogP contribution in [0.2, 0.25) is 5.02 Å². The van der Waals surface area contributed by atoms with Crippen molar-refractivity contribution in [2.45, 2.75) is 24.5 Å². The smallest absolute Gasteiger partial charge is 0.251 e. The highest BCUT2D eigenvalue weighted by molar-refractivity contribution is 6.31. The van der Waals surface area contributed by atoms with Crippen LogP contribution in [-0.4, -0.2) is 32.2 Å². The minimum atomic E-state index is -0.942. The fourth-order valence-corrected chi connectivity index (χ4v) is 4.65. The molecule has 6 nitrogen and oxygen atoms in total. The highest BCUT2D eigenvalue weighted by Gasteiger charge is 2.62. The first-order valence-corrected chi connectivity index (χ1v) is 8.99. The molecule has 0 spiro atoms. The summed E-state index contributed by atoms with van der Waals surface area (Å²) in [6.07, 6.45) is 6.13. The summed E-state index contributed by atoms with van der Waals surface area (Å²) < 4.78 is 0. The molecule has 2 saturated carbocycles. The lowest BCUT2D eigenvalue weighted by Crippen LogP contribution is -2.33. The molecule has 2 aliphatic carbocycles. The van der Waals surface area contributed by atoms with Crippen molar-refractivity contribution >= 4 is 28.4 Å². The Bertz CT molecular complexity index is 991. The second-order valence-electron chi connectivity index (χ2n) is 7.29. The van der Waals surface area contributed by atoms with Crippen LogP contribution in [-0.2, 0) is 5.60 Å². The van der Waals surface area contributed by atoms with Gasteiger partial charge in [0, 0.05) is 40.0 Å². The zero-order valence-electron chi connectivity index (χ0n) is 13.8. The van der Waals surface area contributed by atoms with Gasteiger partial charge in [-0.1, -0.05) is 11.6 Å². The average molecular weight is 369 g/mol. The Morgan fingerprint density at radius 2 is 2.00 bits per heavy atom. The van der Waals surface area contributed by atoms with Crippen LogP contribution in [0.1, 0.15) is 28.8 Å². The second kappa shape index (κ2) is 5.53. The Morgan fingerprint density at radius 1 is 1.27 bits per heavy atom. The molecule has 2 aliphatic rings. The van der Waals surface area contributed by atoms with E-state index in [2.05, 4.69) is 20.5 Å². The molecule has 132 valence electrons. The molecule has 2 fully saturated rings. The number of pyridine rings is 1. The van der Waals surface area contributed by atoms with Gasteiger partial charge in [0.15, 0.2) is 0 Å². The third-order valence-corrected chi connectivity index (χ3v) is 5.95. The largest absolute Gasteiger partial charge is 0.385 e. The molecule has 2 heterocycles. The van der Waals surface area contributed by atoms with Crippen molar-refractivity contribution in [1.29, 1.82) is 0 Å². The Kier molecular flexibility index (Phi) is 3.36. The number of hydrogen-bond donors (Lipinski definition) is 3. The number of carbonyl (C=O) groups is 1. The molecule has 3 aromatic rings. The minimum Gasteiger partial charge on any atom is -0.385 e. The molecule has 0 bridgehead atoms. The number of nitrogens with zero attached hydrogens (tertiary/aromatic N) is 2.